The van der Waals surface area contributed by atoms with Crippen molar-refractivity contribution in [2.24, 2.45) is 0 Å². The lowest BCUT2D eigenvalue weighted by Crippen LogP contribution is -2.60. The minimum Gasteiger partial charge on any atom is -0.311 e. The number of fused-ring (bicyclic) bond motifs is 16. The zero-order valence-corrected chi connectivity index (χ0v) is 35.9. The predicted molar refractivity (Wildman–Crippen MR) is 260 cm³/mol. The van der Waals surface area contributed by atoms with Crippen molar-refractivity contribution in [1.29, 1.82) is 0 Å². The largest absolute Gasteiger partial charge is 0.311 e. The monoisotopic (exact) mass is 798 g/mol. The normalized spacial score (nSPS) is 14.7. The molecule has 1 spiro atoms. The molecule has 3 heterocycles. The fourth-order valence-corrected chi connectivity index (χ4v) is 12.8. The van der Waals surface area contributed by atoms with Crippen molar-refractivity contribution < 1.29 is 0 Å². The maximum atomic E-state index is 2.63. The number of hydrogen-bond acceptors (Lipinski definition) is 3. The van der Waals surface area contributed by atoms with Gasteiger partial charge in [0, 0.05) is 43.3 Å². The molecule has 0 radical (unpaired) electrons. The highest BCUT2D eigenvalue weighted by Gasteiger charge is 2.53. The molecule has 0 amide bonds. The lowest BCUT2D eigenvalue weighted by atomic mass is 9.36. The number of thiophene rings is 1. The van der Waals surface area contributed by atoms with Gasteiger partial charge in [-0.15, -0.1) is 11.3 Å². The molecule has 0 fully saturated rings. The molecule has 0 atom stereocenters. The Balaban J connectivity index is 1.16. The average Bonchev–Trinajstić information content (AvgIpc) is 3.89. The third-order valence-corrected chi connectivity index (χ3v) is 15.3. The lowest BCUT2D eigenvalue weighted by molar-refractivity contribution is 0.588. The zero-order chi connectivity index (χ0) is 40.9. The summed E-state index contributed by atoms with van der Waals surface area (Å²) in [6, 6.07) is 65.1. The van der Waals surface area contributed by atoms with Gasteiger partial charge in [0.25, 0.3) is 6.71 Å². The molecule has 0 bridgehead atoms. The Morgan fingerprint density at radius 2 is 1.10 bits per heavy atom. The summed E-state index contributed by atoms with van der Waals surface area (Å²) in [5.74, 6) is 0. The topological polar surface area (TPSA) is 6.48 Å². The van der Waals surface area contributed by atoms with Crippen LogP contribution in [0.1, 0.15) is 59.7 Å². The van der Waals surface area contributed by atoms with Crippen LogP contribution >= 0.6 is 11.3 Å². The molecule has 290 valence electrons. The molecule has 2 nitrogen and oxygen atoms in total. The van der Waals surface area contributed by atoms with Crippen LogP contribution in [0.25, 0.3) is 32.3 Å². The van der Waals surface area contributed by atoms with Gasteiger partial charge < -0.3 is 9.80 Å². The summed E-state index contributed by atoms with van der Waals surface area (Å²) in [5.41, 5.74) is 24.5. The first-order valence-corrected chi connectivity index (χ1v) is 22.4. The summed E-state index contributed by atoms with van der Waals surface area (Å²) < 4.78 is 2.74. The maximum absolute atomic E-state index is 2.63. The van der Waals surface area contributed by atoms with Crippen LogP contribution in [0.2, 0.25) is 0 Å². The average molecular weight is 799 g/mol. The molecule has 9 aromatic rings. The second kappa shape index (κ2) is 12.2. The van der Waals surface area contributed by atoms with Crippen LogP contribution in [-0.4, -0.2) is 6.71 Å². The van der Waals surface area contributed by atoms with Crippen molar-refractivity contribution >= 4 is 78.0 Å². The minimum absolute atomic E-state index is 0.00729. The quantitative estimate of drug-likeness (QED) is 0.161. The van der Waals surface area contributed by atoms with Crippen LogP contribution in [-0.2, 0) is 10.8 Å². The molecule has 0 unspecified atom stereocenters. The van der Waals surface area contributed by atoms with E-state index in [0.717, 1.165) is 0 Å². The SMILES string of the molecule is Cc1ccc(N2c3cc(C)cc4c3B(c3ccccc3N4c3ccccc3)c3sc4cc5c(cc4c32)C2(c3ccccc3-c3ccccc32)c2cc(C(C)(C)C)ccc2-5)cc1. The number of aryl methyl sites for hydroxylation is 2. The van der Waals surface area contributed by atoms with E-state index >= 15 is 0 Å². The van der Waals surface area contributed by atoms with E-state index in [9.17, 15) is 0 Å². The van der Waals surface area contributed by atoms with Gasteiger partial charge in [-0.1, -0.05) is 142 Å². The van der Waals surface area contributed by atoms with E-state index in [1.807, 2.05) is 11.3 Å². The number of rotatable bonds is 2. The van der Waals surface area contributed by atoms with Gasteiger partial charge in [0.1, 0.15) is 0 Å². The molecular formula is C57H43BN2S. The van der Waals surface area contributed by atoms with E-state index in [0.29, 0.717) is 0 Å². The zero-order valence-electron chi connectivity index (χ0n) is 35.0. The number of para-hydroxylation sites is 2. The summed E-state index contributed by atoms with van der Waals surface area (Å²) in [4.78, 5) is 5.11. The molecule has 2 aliphatic heterocycles. The molecule has 0 saturated heterocycles. The first-order valence-electron chi connectivity index (χ1n) is 21.6. The Labute approximate surface area is 362 Å². The first kappa shape index (κ1) is 35.2. The molecule has 4 aliphatic rings. The van der Waals surface area contributed by atoms with E-state index in [1.165, 1.54) is 121 Å². The number of nitrogens with zero attached hydrogens (tertiary/aromatic N) is 2. The van der Waals surface area contributed by atoms with E-state index in [-0.39, 0.29) is 12.1 Å². The van der Waals surface area contributed by atoms with Crippen LogP contribution in [0, 0.1) is 13.8 Å². The summed E-state index contributed by atoms with van der Waals surface area (Å²) in [7, 11) is 0. The van der Waals surface area contributed by atoms with Gasteiger partial charge in [-0.3, -0.25) is 0 Å². The molecule has 13 rings (SSSR count). The fourth-order valence-electron chi connectivity index (χ4n) is 11.5. The smallest absolute Gasteiger partial charge is 0.264 e. The number of hydrogen-bond donors (Lipinski definition) is 0. The van der Waals surface area contributed by atoms with Gasteiger partial charge in [0.2, 0.25) is 0 Å². The van der Waals surface area contributed by atoms with E-state index in [1.54, 1.807) is 0 Å². The summed E-state index contributed by atoms with van der Waals surface area (Å²) in [5, 5.41) is 1.32. The maximum Gasteiger partial charge on any atom is 0.264 e. The summed E-state index contributed by atoms with van der Waals surface area (Å²) in [6.45, 7) is 11.6. The molecule has 0 N–H and O–H groups in total. The second-order valence-electron chi connectivity index (χ2n) is 18.6. The van der Waals surface area contributed by atoms with E-state index < -0.39 is 5.41 Å². The molecule has 0 saturated carbocycles. The molecule has 4 heteroatoms. The predicted octanol–water partition coefficient (Wildman–Crippen LogP) is 13.2. The molecular weight excluding hydrogens is 756 g/mol. The minimum atomic E-state index is -0.444. The van der Waals surface area contributed by atoms with Crippen molar-refractivity contribution in [3.63, 3.8) is 0 Å². The van der Waals surface area contributed by atoms with Gasteiger partial charge in [0.05, 0.1) is 11.1 Å². The van der Waals surface area contributed by atoms with Crippen molar-refractivity contribution in [3.05, 3.63) is 209 Å². The van der Waals surface area contributed by atoms with Crippen molar-refractivity contribution in [2.75, 3.05) is 9.80 Å². The van der Waals surface area contributed by atoms with Gasteiger partial charge in [-0.2, -0.15) is 0 Å². The second-order valence-corrected chi connectivity index (χ2v) is 19.7. The molecule has 61 heavy (non-hydrogen) atoms. The third-order valence-electron chi connectivity index (χ3n) is 14.1. The van der Waals surface area contributed by atoms with Crippen molar-refractivity contribution in [1.82, 2.24) is 0 Å². The van der Waals surface area contributed by atoms with Crippen molar-refractivity contribution in [2.45, 2.75) is 45.4 Å². The van der Waals surface area contributed by atoms with Crippen LogP contribution in [0.3, 0.4) is 0 Å². The van der Waals surface area contributed by atoms with Gasteiger partial charge in [0.15, 0.2) is 0 Å². The number of anilines is 6. The standard InChI is InChI=1S/C57H43BN2S/c1-34-23-26-38(27-24-34)60-51-30-35(2)29-50-53(51)58(48-21-13-14-22-49(48)59(50)37-15-7-6-8-16-37)55-54(60)43-32-47-42(33-52(43)61-55)41-28-25-36(56(3,4)5)31-46(41)57(47)44-19-11-9-17-39(44)40-18-10-12-20-45(40)57/h6-33H,1-5H3. The van der Waals surface area contributed by atoms with Gasteiger partial charge in [-0.05, 0) is 140 Å². The molecule has 8 aromatic carbocycles. The van der Waals surface area contributed by atoms with Gasteiger partial charge >= 0.3 is 0 Å². The summed E-state index contributed by atoms with van der Waals surface area (Å²) in [6.07, 6.45) is 0. The Morgan fingerprint density at radius 3 is 1.82 bits per heavy atom. The van der Waals surface area contributed by atoms with Crippen LogP contribution in [0.15, 0.2) is 170 Å². The van der Waals surface area contributed by atoms with Crippen LogP contribution in [0.5, 0.6) is 0 Å². The lowest BCUT2D eigenvalue weighted by Gasteiger charge is -2.43. The Hall–Kier alpha value is -6.62. The highest BCUT2D eigenvalue weighted by atomic mass is 32.1. The summed E-state index contributed by atoms with van der Waals surface area (Å²) >= 11 is 2.00. The molecule has 2 aliphatic carbocycles. The highest BCUT2D eigenvalue weighted by molar-refractivity contribution is 7.33. The Kier molecular flexibility index (Phi) is 7.06. The van der Waals surface area contributed by atoms with Gasteiger partial charge in [-0.25, -0.2) is 0 Å². The first-order chi connectivity index (χ1) is 29.7. The Bertz CT molecular complexity index is 3290. The van der Waals surface area contributed by atoms with Crippen LogP contribution in [0.4, 0.5) is 34.1 Å². The Morgan fingerprint density at radius 1 is 0.492 bits per heavy atom. The van der Waals surface area contributed by atoms with Crippen molar-refractivity contribution in [3.8, 4) is 22.3 Å². The fraction of sp³-hybridized carbons (Fsp3) is 0.123. The van der Waals surface area contributed by atoms with E-state index in [4.69, 9.17) is 0 Å². The number of benzene rings is 8. The highest BCUT2D eigenvalue weighted by Crippen LogP contribution is 2.64. The molecule has 1 aromatic heterocycles. The van der Waals surface area contributed by atoms with E-state index in [2.05, 4.69) is 214 Å². The van der Waals surface area contributed by atoms with Crippen LogP contribution < -0.4 is 25.5 Å². The third kappa shape index (κ3) is 4.58.